The van der Waals surface area contributed by atoms with Crippen molar-refractivity contribution in [1.82, 2.24) is 19.9 Å². The number of imidazole rings is 1. The van der Waals surface area contributed by atoms with Crippen LogP contribution in [0.2, 0.25) is 0 Å². The molecule has 0 aromatic carbocycles. The second-order valence-corrected chi connectivity index (χ2v) is 2.24. The number of hydrogen-bond acceptors (Lipinski definition) is 3. The van der Waals surface area contributed by atoms with Crippen molar-refractivity contribution < 1.29 is 0 Å². The van der Waals surface area contributed by atoms with Crippen LogP contribution in [0.25, 0.3) is 11.2 Å². The number of hydrogen-bond donors (Lipinski definition) is 4. The summed E-state index contributed by atoms with van der Waals surface area (Å²) < 4.78 is 0. The third kappa shape index (κ3) is 4.03. The summed E-state index contributed by atoms with van der Waals surface area (Å²) in [6.07, 6.45) is 0. The molecule has 2 rings (SSSR count). The first-order chi connectivity index (χ1) is 5.66. The fourth-order valence-corrected chi connectivity index (χ4v) is 0.958. The second kappa shape index (κ2) is 7.31. The fourth-order valence-electron chi connectivity index (χ4n) is 0.958. The van der Waals surface area contributed by atoms with Crippen molar-refractivity contribution in [2.45, 2.75) is 0 Å². The van der Waals surface area contributed by atoms with E-state index in [2.05, 4.69) is 15.0 Å². The average Bonchev–Trinajstić information content (AvgIpc) is 2.29. The maximum atomic E-state index is 10.9. The number of aromatic nitrogens is 4. The fraction of sp³-hybridized carbons (Fsp3) is 0. The number of aromatic amines is 4. The van der Waals surface area contributed by atoms with Crippen molar-refractivity contribution in [2.24, 2.45) is 0 Å². The topological polar surface area (TPSA) is 114 Å². The van der Waals surface area contributed by atoms with E-state index in [0.29, 0.717) is 0 Å². The minimum atomic E-state index is -0.650. The molecule has 7 nitrogen and oxygen atoms in total. The molecular weight excluding hydrogens is 233 g/mol. The van der Waals surface area contributed by atoms with Crippen molar-refractivity contribution in [3.63, 3.8) is 0 Å². The van der Waals surface area contributed by atoms with Crippen molar-refractivity contribution in [3.8, 4) is 0 Å². The van der Waals surface area contributed by atoms with Gasteiger partial charge in [0.15, 0.2) is 0 Å². The van der Waals surface area contributed by atoms with Gasteiger partial charge in [0.1, 0.15) is 11.2 Å². The Balaban J connectivity index is 0. The van der Waals surface area contributed by atoms with E-state index in [9.17, 15) is 14.4 Å². The van der Waals surface area contributed by atoms with Gasteiger partial charge >= 0.3 is 100 Å². The minimum absolute atomic E-state index is 0. The SMILES string of the molecule is O=c1[nH]c(=O)c2[nH]c(=O)[nH]c2[nH]1.[NaH].[NaH].[NaH]. The second-order valence-electron chi connectivity index (χ2n) is 2.24. The van der Waals surface area contributed by atoms with Gasteiger partial charge in [0.25, 0.3) is 5.56 Å². The number of nitrogens with one attached hydrogen (secondary N) is 4. The van der Waals surface area contributed by atoms with Gasteiger partial charge in [-0.25, -0.2) is 9.59 Å². The summed E-state index contributed by atoms with van der Waals surface area (Å²) in [6, 6.07) is 0. The quantitative estimate of drug-likeness (QED) is 0.355. The first kappa shape index (κ1) is 18.3. The number of rotatable bonds is 0. The van der Waals surface area contributed by atoms with Gasteiger partial charge in [-0.1, -0.05) is 0 Å². The molecule has 0 amide bonds. The Bertz CT molecular complexity index is 594. The summed E-state index contributed by atoms with van der Waals surface area (Å²) in [4.78, 5) is 41.0. The zero-order chi connectivity index (χ0) is 8.72. The van der Waals surface area contributed by atoms with Gasteiger partial charge in [-0.05, 0) is 0 Å². The molecule has 0 spiro atoms. The van der Waals surface area contributed by atoms with Crippen LogP contribution in [0.5, 0.6) is 0 Å². The van der Waals surface area contributed by atoms with Crippen LogP contribution < -0.4 is 16.9 Å². The van der Waals surface area contributed by atoms with E-state index in [0.717, 1.165) is 0 Å². The molecule has 0 aliphatic carbocycles. The third-order valence-corrected chi connectivity index (χ3v) is 1.42. The van der Waals surface area contributed by atoms with Crippen LogP contribution in [0.1, 0.15) is 0 Å². The molecule has 68 valence electrons. The molecule has 0 saturated heterocycles. The number of fused-ring (bicyclic) bond motifs is 1. The van der Waals surface area contributed by atoms with Crippen LogP contribution in [0.4, 0.5) is 0 Å². The Kier molecular flexibility index (Phi) is 8.93. The van der Waals surface area contributed by atoms with Crippen LogP contribution >= 0.6 is 0 Å². The average molecular weight is 240 g/mol. The first-order valence-corrected chi connectivity index (χ1v) is 3.11. The van der Waals surface area contributed by atoms with Crippen LogP contribution in [0, 0.1) is 0 Å². The molecule has 4 N–H and O–H groups in total. The van der Waals surface area contributed by atoms with Gasteiger partial charge in [-0.2, -0.15) is 0 Å². The van der Waals surface area contributed by atoms with Crippen LogP contribution in [-0.2, 0) is 0 Å². The van der Waals surface area contributed by atoms with E-state index < -0.39 is 16.9 Å². The molecule has 0 fully saturated rings. The Morgan fingerprint density at radius 1 is 0.667 bits per heavy atom. The molecule has 10 heteroatoms. The molecule has 0 saturated carbocycles. The molecule has 0 bridgehead atoms. The maximum absolute atomic E-state index is 10.9. The molecule has 0 atom stereocenters. The summed E-state index contributed by atoms with van der Waals surface area (Å²) in [5, 5.41) is 0. The molecule has 0 aliphatic rings. The Morgan fingerprint density at radius 2 is 1.13 bits per heavy atom. The van der Waals surface area contributed by atoms with Gasteiger partial charge in [0.2, 0.25) is 0 Å². The molecule has 2 aromatic rings. The Hall–Kier alpha value is 0.950. The monoisotopic (exact) mass is 240 g/mol. The van der Waals surface area contributed by atoms with Gasteiger partial charge in [-0.3, -0.25) is 24.7 Å². The zero-order valence-electron chi connectivity index (χ0n) is 5.72. The van der Waals surface area contributed by atoms with Crippen LogP contribution in [-0.4, -0.2) is 109 Å². The molecule has 15 heavy (non-hydrogen) atoms. The molecule has 2 heterocycles. The van der Waals surface area contributed by atoms with Crippen LogP contribution in [0.15, 0.2) is 14.4 Å². The van der Waals surface area contributed by atoms with Crippen molar-refractivity contribution >= 4 is 99.8 Å². The van der Waals surface area contributed by atoms with Crippen molar-refractivity contribution in [3.05, 3.63) is 31.3 Å². The summed E-state index contributed by atoms with van der Waals surface area (Å²) in [5.74, 6) is 0. The molecule has 2 aromatic heterocycles. The van der Waals surface area contributed by atoms with E-state index in [4.69, 9.17) is 0 Å². The molecular formula is C5H7N4Na3O3. The van der Waals surface area contributed by atoms with Crippen molar-refractivity contribution in [1.29, 1.82) is 0 Å². The normalized spacial score (nSPS) is 8.53. The van der Waals surface area contributed by atoms with Gasteiger partial charge in [0.05, 0.1) is 0 Å². The van der Waals surface area contributed by atoms with E-state index in [1.54, 1.807) is 0 Å². The van der Waals surface area contributed by atoms with Crippen LogP contribution in [0.3, 0.4) is 0 Å². The van der Waals surface area contributed by atoms with Gasteiger partial charge in [-0.15, -0.1) is 0 Å². The molecule has 0 radical (unpaired) electrons. The summed E-state index contributed by atoms with van der Waals surface area (Å²) in [5.41, 5.74) is -1.65. The summed E-state index contributed by atoms with van der Waals surface area (Å²) in [7, 11) is 0. The third-order valence-electron chi connectivity index (χ3n) is 1.42. The first-order valence-electron chi connectivity index (χ1n) is 3.11. The van der Waals surface area contributed by atoms with E-state index in [-0.39, 0.29) is 99.8 Å². The predicted molar refractivity (Wildman–Crippen MR) is 61.6 cm³/mol. The molecule has 0 aliphatic heterocycles. The van der Waals surface area contributed by atoms with E-state index in [1.807, 2.05) is 4.98 Å². The van der Waals surface area contributed by atoms with Gasteiger partial charge < -0.3 is 0 Å². The predicted octanol–water partition coefficient (Wildman–Crippen LogP) is -3.71. The summed E-state index contributed by atoms with van der Waals surface area (Å²) >= 11 is 0. The molecule has 0 unspecified atom stereocenters. The zero-order valence-corrected chi connectivity index (χ0v) is 5.72. The Labute approximate surface area is 149 Å². The Morgan fingerprint density at radius 3 is 1.67 bits per heavy atom. The summed E-state index contributed by atoms with van der Waals surface area (Å²) in [6.45, 7) is 0. The van der Waals surface area contributed by atoms with Crippen molar-refractivity contribution in [2.75, 3.05) is 0 Å². The van der Waals surface area contributed by atoms with E-state index >= 15 is 0 Å². The number of H-pyrrole nitrogens is 4. The van der Waals surface area contributed by atoms with E-state index in [1.165, 1.54) is 0 Å². The standard InChI is InChI=1S/C5H4N4O3.3Na.3H/c10-3-1-2(7-4(11)6-1)8-5(12)9-3;;;;;;/h(H4,6,7,8,9,10,11,12);;;;;;. The van der Waals surface area contributed by atoms with Gasteiger partial charge in [0, 0.05) is 0 Å².